The van der Waals surface area contributed by atoms with Gasteiger partial charge < -0.3 is 16.2 Å². The third-order valence-electron chi connectivity index (χ3n) is 3.92. The number of aromatic nitrogens is 1. The number of amides is 1. The lowest BCUT2D eigenvalue weighted by molar-refractivity contribution is 0.100. The van der Waals surface area contributed by atoms with Crippen molar-refractivity contribution < 1.29 is 9.90 Å². The van der Waals surface area contributed by atoms with E-state index in [1.54, 1.807) is 36.5 Å². The molecule has 0 unspecified atom stereocenters. The lowest BCUT2D eigenvalue weighted by Gasteiger charge is -2.13. The number of carbonyl (C=O) groups is 1. The van der Waals surface area contributed by atoms with Gasteiger partial charge in [-0.1, -0.05) is 42.5 Å². The van der Waals surface area contributed by atoms with E-state index in [4.69, 9.17) is 5.73 Å². The van der Waals surface area contributed by atoms with Gasteiger partial charge in [0, 0.05) is 12.7 Å². The molecule has 0 spiro atoms. The average molecular weight is 333 g/mol. The number of carbonyl (C=O) groups excluding carboxylic acids is 1. The summed E-state index contributed by atoms with van der Waals surface area (Å²) in [7, 11) is 0. The number of hydrogen-bond donors (Lipinski definition) is 3. The third kappa shape index (κ3) is 3.95. The quantitative estimate of drug-likeness (QED) is 0.646. The first kappa shape index (κ1) is 16.5. The predicted octanol–water partition coefficient (Wildman–Crippen LogP) is 3.21. The van der Waals surface area contributed by atoms with Crippen LogP contribution in [0.15, 0.2) is 66.9 Å². The number of pyridine rings is 1. The van der Waals surface area contributed by atoms with E-state index >= 15 is 0 Å². The first-order valence-electron chi connectivity index (χ1n) is 8.01. The molecule has 1 amide bonds. The highest BCUT2D eigenvalue weighted by molar-refractivity contribution is 6.04. The van der Waals surface area contributed by atoms with Crippen LogP contribution in [-0.2, 0) is 6.42 Å². The second-order valence-corrected chi connectivity index (χ2v) is 5.66. The number of phenolic OH excluding ortho intramolecular Hbond substituents is 1. The predicted molar refractivity (Wildman–Crippen MR) is 98.5 cm³/mol. The molecule has 0 aliphatic heterocycles. The minimum atomic E-state index is -0.543. The SMILES string of the molecule is NC(=O)c1c(-c2ccc(O)cc2)ccnc1NCCc1ccccc1. The molecule has 1 heterocycles. The van der Waals surface area contributed by atoms with E-state index in [1.807, 2.05) is 18.2 Å². The second kappa shape index (κ2) is 7.49. The van der Waals surface area contributed by atoms with Gasteiger partial charge in [-0.05, 0) is 41.3 Å². The van der Waals surface area contributed by atoms with Crippen LogP contribution in [0.25, 0.3) is 11.1 Å². The van der Waals surface area contributed by atoms with Crippen LogP contribution in [0.1, 0.15) is 15.9 Å². The molecule has 25 heavy (non-hydrogen) atoms. The van der Waals surface area contributed by atoms with E-state index in [0.717, 1.165) is 12.0 Å². The highest BCUT2D eigenvalue weighted by Gasteiger charge is 2.16. The van der Waals surface area contributed by atoms with E-state index in [-0.39, 0.29) is 5.75 Å². The largest absolute Gasteiger partial charge is 0.508 e. The Morgan fingerprint density at radius 1 is 1.04 bits per heavy atom. The topological polar surface area (TPSA) is 88.2 Å². The normalized spacial score (nSPS) is 10.4. The molecule has 0 saturated carbocycles. The Morgan fingerprint density at radius 3 is 2.44 bits per heavy atom. The van der Waals surface area contributed by atoms with Gasteiger partial charge in [0.1, 0.15) is 11.6 Å². The van der Waals surface area contributed by atoms with Crippen molar-refractivity contribution in [3.05, 3.63) is 78.0 Å². The van der Waals surface area contributed by atoms with Crippen molar-refractivity contribution in [2.24, 2.45) is 5.73 Å². The minimum Gasteiger partial charge on any atom is -0.508 e. The zero-order valence-electron chi connectivity index (χ0n) is 13.6. The van der Waals surface area contributed by atoms with Crippen LogP contribution >= 0.6 is 0 Å². The van der Waals surface area contributed by atoms with Gasteiger partial charge in [0.25, 0.3) is 5.91 Å². The Hall–Kier alpha value is -3.34. The van der Waals surface area contributed by atoms with E-state index in [1.165, 1.54) is 5.56 Å². The van der Waals surface area contributed by atoms with Gasteiger partial charge in [0.05, 0.1) is 5.56 Å². The summed E-state index contributed by atoms with van der Waals surface area (Å²) in [6.45, 7) is 0.635. The Balaban J connectivity index is 1.85. The van der Waals surface area contributed by atoms with E-state index < -0.39 is 5.91 Å². The van der Waals surface area contributed by atoms with Crippen LogP contribution in [-0.4, -0.2) is 22.5 Å². The van der Waals surface area contributed by atoms with Gasteiger partial charge in [-0.2, -0.15) is 0 Å². The number of anilines is 1. The molecular weight excluding hydrogens is 314 g/mol. The average Bonchev–Trinajstić information content (AvgIpc) is 2.63. The van der Waals surface area contributed by atoms with Crippen molar-refractivity contribution in [1.82, 2.24) is 4.98 Å². The molecule has 0 fully saturated rings. The maximum Gasteiger partial charge on any atom is 0.253 e. The monoisotopic (exact) mass is 333 g/mol. The summed E-state index contributed by atoms with van der Waals surface area (Å²) in [5.74, 6) is 0.0898. The van der Waals surface area contributed by atoms with E-state index in [0.29, 0.717) is 23.5 Å². The molecule has 0 aliphatic rings. The van der Waals surface area contributed by atoms with Crippen LogP contribution in [0.5, 0.6) is 5.75 Å². The summed E-state index contributed by atoms with van der Waals surface area (Å²) in [4.78, 5) is 16.3. The highest BCUT2D eigenvalue weighted by atomic mass is 16.3. The molecule has 5 nitrogen and oxygen atoms in total. The number of nitrogens with one attached hydrogen (secondary N) is 1. The van der Waals surface area contributed by atoms with Crippen molar-refractivity contribution in [2.75, 3.05) is 11.9 Å². The van der Waals surface area contributed by atoms with Crippen molar-refractivity contribution in [3.63, 3.8) is 0 Å². The summed E-state index contributed by atoms with van der Waals surface area (Å²) >= 11 is 0. The number of aromatic hydroxyl groups is 1. The smallest absolute Gasteiger partial charge is 0.253 e. The molecule has 126 valence electrons. The molecule has 0 radical (unpaired) electrons. The summed E-state index contributed by atoms with van der Waals surface area (Å²) < 4.78 is 0. The molecular formula is C20H19N3O2. The lowest BCUT2D eigenvalue weighted by atomic mass is 10.00. The molecule has 3 aromatic rings. The molecule has 1 aromatic heterocycles. The number of nitrogens with two attached hydrogens (primary N) is 1. The van der Waals surface area contributed by atoms with Crippen molar-refractivity contribution in [1.29, 1.82) is 0 Å². The molecule has 2 aromatic carbocycles. The molecule has 0 aliphatic carbocycles. The van der Waals surface area contributed by atoms with Gasteiger partial charge in [0.15, 0.2) is 0 Å². The Bertz CT molecular complexity index is 862. The Labute approximate surface area is 146 Å². The lowest BCUT2D eigenvalue weighted by Crippen LogP contribution is -2.18. The van der Waals surface area contributed by atoms with Crippen molar-refractivity contribution in [2.45, 2.75) is 6.42 Å². The zero-order chi connectivity index (χ0) is 17.6. The number of primary amides is 1. The second-order valence-electron chi connectivity index (χ2n) is 5.66. The number of nitrogens with zero attached hydrogens (tertiary/aromatic N) is 1. The maximum atomic E-state index is 12.0. The molecule has 4 N–H and O–H groups in total. The van der Waals surface area contributed by atoms with Gasteiger partial charge in [-0.3, -0.25) is 4.79 Å². The number of phenols is 1. The summed E-state index contributed by atoms with van der Waals surface area (Å²) in [5.41, 5.74) is 8.62. The van der Waals surface area contributed by atoms with Gasteiger partial charge >= 0.3 is 0 Å². The molecule has 0 bridgehead atoms. The Morgan fingerprint density at radius 2 is 1.76 bits per heavy atom. The Kier molecular flexibility index (Phi) is 4.95. The maximum absolute atomic E-state index is 12.0. The van der Waals surface area contributed by atoms with Crippen LogP contribution in [0.3, 0.4) is 0 Å². The molecule has 0 saturated heterocycles. The summed E-state index contributed by atoms with van der Waals surface area (Å²) in [6, 6.07) is 18.4. The zero-order valence-corrected chi connectivity index (χ0v) is 13.6. The van der Waals surface area contributed by atoms with Gasteiger partial charge in [-0.15, -0.1) is 0 Å². The van der Waals surface area contributed by atoms with Gasteiger partial charge in [0.2, 0.25) is 0 Å². The summed E-state index contributed by atoms with van der Waals surface area (Å²) in [5, 5.41) is 12.6. The standard InChI is InChI=1S/C20H19N3O2/c21-19(25)18-17(15-6-8-16(24)9-7-15)11-13-23-20(18)22-12-10-14-4-2-1-3-5-14/h1-9,11,13,24H,10,12H2,(H2,21,25)(H,22,23). The van der Waals surface area contributed by atoms with Crippen molar-refractivity contribution >= 4 is 11.7 Å². The minimum absolute atomic E-state index is 0.166. The number of rotatable bonds is 6. The molecule has 0 atom stereocenters. The van der Waals surface area contributed by atoms with Crippen LogP contribution in [0.2, 0.25) is 0 Å². The van der Waals surface area contributed by atoms with E-state index in [9.17, 15) is 9.90 Å². The highest BCUT2D eigenvalue weighted by Crippen LogP contribution is 2.28. The molecule has 3 rings (SSSR count). The van der Waals surface area contributed by atoms with Crippen LogP contribution in [0, 0.1) is 0 Å². The summed E-state index contributed by atoms with van der Waals surface area (Å²) in [6.07, 6.45) is 2.45. The van der Waals surface area contributed by atoms with E-state index in [2.05, 4.69) is 22.4 Å². The fourth-order valence-electron chi connectivity index (χ4n) is 2.70. The van der Waals surface area contributed by atoms with Gasteiger partial charge in [-0.25, -0.2) is 4.98 Å². The first-order chi connectivity index (χ1) is 12.1. The fourth-order valence-corrected chi connectivity index (χ4v) is 2.70. The van der Waals surface area contributed by atoms with Crippen LogP contribution in [0.4, 0.5) is 5.82 Å². The fraction of sp³-hybridized carbons (Fsp3) is 0.100. The number of benzene rings is 2. The number of hydrogen-bond acceptors (Lipinski definition) is 4. The van der Waals surface area contributed by atoms with Crippen molar-refractivity contribution in [3.8, 4) is 16.9 Å². The van der Waals surface area contributed by atoms with Crippen LogP contribution < -0.4 is 11.1 Å². The first-order valence-corrected chi connectivity index (χ1v) is 8.01. The third-order valence-corrected chi connectivity index (χ3v) is 3.92. The molecule has 5 heteroatoms.